The summed E-state index contributed by atoms with van der Waals surface area (Å²) >= 11 is 5.67. The van der Waals surface area contributed by atoms with Gasteiger partial charge in [0.1, 0.15) is 7.38 Å². The number of halogens is 1. The van der Waals surface area contributed by atoms with E-state index in [0.717, 1.165) is 5.19 Å². The molecule has 0 heterocycles. The van der Waals surface area contributed by atoms with Gasteiger partial charge < -0.3 is 0 Å². The average molecular weight is 607 g/mol. The lowest BCUT2D eigenvalue weighted by molar-refractivity contribution is 0.490. The second-order valence-electron chi connectivity index (χ2n) is 12.8. The van der Waals surface area contributed by atoms with Crippen molar-refractivity contribution in [2.75, 3.05) is 0 Å². The van der Waals surface area contributed by atoms with Crippen molar-refractivity contribution < 1.29 is 16.8 Å². The van der Waals surface area contributed by atoms with Crippen LogP contribution in [0.3, 0.4) is 0 Å². The summed E-state index contributed by atoms with van der Waals surface area (Å²) < 4.78 is 53.6. The summed E-state index contributed by atoms with van der Waals surface area (Å²) in [7, 11) is -9.64. The van der Waals surface area contributed by atoms with Gasteiger partial charge in [0.2, 0.25) is 20.0 Å². The zero-order valence-corrected chi connectivity index (χ0v) is 28.9. The van der Waals surface area contributed by atoms with E-state index in [9.17, 15) is 16.8 Å². The van der Waals surface area contributed by atoms with Crippen molar-refractivity contribution in [1.82, 2.24) is 9.44 Å². The van der Waals surface area contributed by atoms with Crippen LogP contribution in [0.2, 0.25) is 39.3 Å². The van der Waals surface area contributed by atoms with Crippen molar-refractivity contribution in [3.8, 4) is 0 Å². The lowest BCUT2D eigenvalue weighted by Gasteiger charge is -2.25. The molecule has 0 atom stereocenters. The summed E-state index contributed by atoms with van der Waals surface area (Å²) in [5.41, 5.74) is -0.917. The number of benzene rings is 2. The van der Waals surface area contributed by atoms with E-state index in [2.05, 4.69) is 48.7 Å². The summed E-state index contributed by atoms with van der Waals surface area (Å²) in [5, 5.41) is 0.974. The van der Waals surface area contributed by atoms with Gasteiger partial charge >= 0.3 is 0 Å². The number of hydrogen-bond acceptors (Lipinski definition) is 4. The predicted molar refractivity (Wildman–Crippen MR) is 165 cm³/mol. The Bertz CT molecular complexity index is 1190. The van der Waals surface area contributed by atoms with Crippen molar-refractivity contribution in [1.29, 1.82) is 0 Å². The van der Waals surface area contributed by atoms with Gasteiger partial charge in [-0.05, 0) is 64.9 Å². The molecule has 6 nitrogen and oxygen atoms in total. The first kappa shape index (κ1) is 36.0. The van der Waals surface area contributed by atoms with E-state index < -0.39 is 46.6 Å². The van der Waals surface area contributed by atoms with Crippen LogP contribution in [0.1, 0.15) is 41.5 Å². The number of rotatable bonds is 5. The Hall–Kier alpha value is -1.02. The zero-order valence-electron chi connectivity index (χ0n) is 24.5. The van der Waals surface area contributed by atoms with E-state index in [1.54, 1.807) is 42.5 Å². The monoisotopic (exact) mass is 606 g/mol. The number of hydrogen-bond donors (Lipinski definition) is 2. The Balaban J connectivity index is 0.000000605. The van der Waals surface area contributed by atoms with E-state index in [1.807, 2.05) is 53.7 Å². The van der Waals surface area contributed by atoms with Crippen LogP contribution in [0.4, 0.5) is 0 Å². The van der Waals surface area contributed by atoms with Gasteiger partial charge in [-0.3, -0.25) is 0 Å². The van der Waals surface area contributed by atoms with Crippen molar-refractivity contribution in [3.05, 3.63) is 54.6 Å². The van der Waals surface area contributed by atoms with Crippen LogP contribution in [0.5, 0.6) is 0 Å². The molecule has 0 spiro atoms. The van der Waals surface area contributed by atoms with Crippen molar-refractivity contribution in [2.24, 2.45) is 0 Å². The first-order valence-electron chi connectivity index (χ1n) is 12.2. The van der Waals surface area contributed by atoms with Crippen molar-refractivity contribution >= 4 is 51.8 Å². The van der Waals surface area contributed by atoms with Gasteiger partial charge in [-0.25, -0.2) is 26.3 Å². The van der Waals surface area contributed by atoms with E-state index >= 15 is 0 Å². The minimum atomic E-state index is -3.45. The first-order chi connectivity index (χ1) is 16.2. The molecular formula is C26H47ClN2O4S2Si2. The largest absolute Gasteiger partial charge is 0.241 e. The first-order valence-corrected chi connectivity index (χ1v) is 23.1. The molecule has 0 radical (unpaired) electrons. The van der Waals surface area contributed by atoms with Crippen molar-refractivity contribution in [3.63, 3.8) is 0 Å². The molecule has 2 N–H and O–H groups in total. The summed E-state index contributed by atoms with van der Waals surface area (Å²) in [6.45, 7) is 23.7. The van der Waals surface area contributed by atoms with Crippen molar-refractivity contribution in [2.45, 2.75) is 102 Å². The molecule has 0 aromatic heterocycles. The van der Waals surface area contributed by atoms with Gasteiger partial charge in [-0.15, -0.1) is 0 Å². The maximum absolute atomic E-state index is 12.4. The molecule has 0 aliphatic rings. The number of nitrogens with one attached hydrogen (secondary N) is 2. The maximum Gasteiger partial charge on any atom is 0.241 e. The third kappa shape index (κ3) is 16.5. The standard InChI is InChI=1S/C13H23NO2SSi.C10H15NO2S.C3H9ClSi/c1-13(2,3)14-17(15,16)11-9-7-8-10-12(11)18(4,5)6;1-10(2,3)11-14(12,13)9-7-5-4-6-8-9;1-5(2,3)4/h7-10,14H,1-6H3;4-8,11H,1-3H3;1-3H3. The average Bonchev–Trinajstić information content (AvgIpc) is 2.64. The topological polar surface area (TPSA) is 92.3 Å². The van der Waals surface area contributed by atoms with E-state index in [4.69, 9.17) is 11.1 Å². The lowest BCUT2D eigenvalue weighted by atomic mass is 10.1. The Morgan fingerprint density at radius 3 is 1.35 bits per heavy atom. The Labute approximate surface area is 233 Å². The quantitative estimate of drug-likeness (QED) is 0.316. The van der Waals surface area contributed by atoms with Crippen LogP contribution < -0.4 is 14.6 Å². The van der Waals surface area contributed by atoms with E-state index in [1.165, 1.54) is 0 Å². The molecule has 212 valence electrons. The summed E-state index contributed by atoms with van der Waals surface area (Å²) in [6, 6.07) is 15.7. The maximum atomic E-state index is 12.4. The smallest absolute Gasteiger partial charge is 0.207 e. The molecule has 2 rings (SSSR count). The highest BCUT2D eigenvalue weighted by molar-refractivity contribution is 7.90. The van der Waals surface area contributed by atoms with Gasteiger partial charge in [-0.2, -0.15) is 11.1 Å². The van der Waals surface area contributed by atoms with Crippen LogP contribution >= 0.6 is 11.1 Å². The Morgan fingerprint density at radius 2 is 0.973 bits per heavy atom. The normalized spacial score (nSPS) is 13.1. The third-order valence-corrected chi connectivity index (χ3v) is 9.74. The van der Waals surface area contributed by atoms with Crippen LogP contribution in [-0.2, 0) is 20.0 Å². The lowest BCUT2D eigenvalue weighted by Crippen LogP contribution is -2.46. The highest BCUT2D eigenvalue weighted by Crippen LogP contribution is 2.15. The Morgan fingerprint density at radius 1 is 0.622 bits per heavy atom. The van der Waals surface area contributed by atoms with Gasteiger partial charge in [0.15, 0.2) is 0 Å². The van der Waals surface area contributed by atoms with Crippen LogP contribution in [0.15, 0.2) is 64.4 Å². The second-order valence-corrected chi connectivity index (χ2v) is 28.7. The van der Waals surface area contributed by atoms with Crippen LogP contribution in [0.25, 0.3) is 0 Å². The molecule has 11 heteroatoms. The Kier molecular flexibility index (Phi) is 13.0. The molecule has 0 aliphatic heterocycles. The fourth-order valence-electron chi connectivity index (χ4n) is 2.84. The molecule has 0 unspecified atom stereocenters. The summed E-state index contributed by atoms with van der Waals surface area (Å²) in [6.07, 6.45) is 0. The van der Waals surface area contributed by atoms with Crippen LogP contribution in [0, 0.1) is 0 Å². The molecule has 0 aliphatic carbocycles. The zero-order chi connectivity index (χ0) is 29.5. The van der Waals surface area contributed by atoms with Gasteiger partial charge in [-0.1, -0.05) is 75.7 Å². The predicted octanol–water partition coefficient (Wildman–Crippen LogP) is 6.13. The highest BCUT2D eigenvalue weighted by atomic mass is 35.6. The SMILES string of the molecule is CC(C)(C)NS(=O)(=O)c1ccccc1.CC(C)(C)NS(=O)(=O)c1ccccc1[Si](C)(C)C.C[Si](C)(C)Cl. The third-order valence-electron chi connectivity index (χ3n) is 3.92. The molecule has 0 bridgehead atoms. The molecule has 2 aromatic rings. The minimum Gasteiger partial charge on any atom is -0.207 e. The number of sulfonamides is 2. The molecule has 2 aromatic carbocycles. The van der Waals surface area contributed by atoms with Gasteiger partial charge in [0, 0.05) is 11.1 Å². The van der Waals surface area contributed by atoms with E-state index in [0.29, 0.717) is 9.79 Å². The summed E-state index contributed by atoms with van der Waals surface area (Å²) in [4.78, 5) is 0.731. The van der Waals surface area contributed by atoms with Crippen LogP contribution in [-0.4, -0.2) is 43.4 Å². The fraction of sp³-hybridized carbons (Fsp3) is 0.538. The summed E-state index contributed by atoms with van der Waals surface area (Å²) in [5.74, 6) is 0. The van der Waals surface area contributed by atoms with Gasteiger partial charge in [0.25, 0.3) is 0 Å². The van der Waals surface area contributed by atoms with E-state index in [-0.39, 0.29) is 0 Å². The fourth-order valence-corrected chi connectivity index (χ4v) is 8.55. The van der Waals surface area contributed by atoms with Gasteiger partial charge in [0.05, 0.1) is 17.9 Å². The molecule has 37 heavy (non-hydrogen) atoms. The molecule has 0 amide bonds. The molecular weight excluding hydrogens is 560 g/mol. The molecule has 0 saturated carbocycles. The molecule has 0 saturated heterocycles. The second kappa shape index (κ2) is 13.4. The minimum absolute atomic E-state index is 0.301. The molecule has 0 fully saturated rings. The highest BCUT2D eigenvalue weighted by Gasteiger charge is 2.29.